The van der Waals surface area contributed by atoms with E-state index in [1.807, 2.05) is 44.2 Å². The molecule has 0 bridgehead atoms. The molecule has 1 N–H and O–H groups in total. The molecule has 0 heterocycles. The fraction of sp³-hybridized carbons (Fsp3) is 0.200. The molecule has 1 nitrogen and oxygen atoms in total. The van der Waals surface area contributed by atoms with Crippen LogP contribution in [-0.4, -0.2) is 0 Å². The molecule has 0 aliphatic carbocycles. The summed E-state index contributed by atoms with van der Waals surface area (Å²) < 4.78 is 13.7. The fourth-order valence-electron chi connectivity index (χ4n) is 1.83. The van der Waals surface area contributed by atoms with Gasteiger partial charge in [0, 0.05) is 11.1 Å². The van der Waals surface area contributed by atoms with Crippen molar-refractivity contribution < 1.29 is 4.39 Å². The van der Waals surface area contributed by atoms with E-state index in [2.05, 4.69) is 5.32 Å². The van der Waals surface area contributed by atoms with Crippen molar-refractivity contribution in [2.75, 3.05) is 5.32 Å². The number of hydrogen-bond acceptors (Lipinski definition) is 1. The van der Waals surface area contributed by atoms with E-state index in [0.717, 1.165) is 11.1 Å². The predicted molar refractivity (Wildman–Crippen MR) is 74.6 cm³/mol. The number of nitrogens with one attached hydrogen (secondary N) is 1. The van der Waals surface area contributed by atoms with Crippen LogP contribution in [-0.2, 0) is 0 Å². The van der Waals surface area contributed by atoms with Crippen LogP contribution in [0.2, 0.25) is 5.02 Å². The lowest BCUT2D eigenvalue weighted by Gasteiger charge is -2.16. The van der Waals surface area contributed by atoms with Gasteiger partial charge in [0.15, 0.2) is 0 Å². The Balaban J connectivity index is 2.18. The average Bonchev–Trinajstić information content (AvgIpc) is 2.32. The highest BCUT2D eigenvalue weighted by Crippen LogP contribution is 2.24. The summed E-state index contributed by atoms with van der Waals surface area (Å²) in [7, 11) is 0. The lowest BCUT2D eigenvalue weighted by molar-refractivity contribution is 0.626. The standard InChI is InChI=1S/C15H15ClFN/c1-10-6-7-15(14(17)8-10)18-11(2)12-4-3-5-13(16)9-12/h3-9,11,18H,1-2H3. The molecule has 0 saturated heterocycles. The minimum Gasteiger partial charge on any atom is -0.376 e. The molecule has 2 rings (SSSR count). The van der Waals surface area contributed by atoms with Crippen molar-refractivity contribution in [3.05, 3.63) is 64.4 Å². The molecule has 0 aliphatic rings. The van der Waals surface area contributed by atoms with Gasteiger partial charge in [0.25, 0.3) is 0 Å². The van der Waals surface area contributed by atoms with E-state index in [1.165, 1.54) is 6.07 Å². The summed E-state index contributed by atoms with van der Waals surface area (Å²) in [6.07, 6.45) is 0. The third-order valence-electron chi connectivity index (χ3n) is 2.85. The molecule has 0 aromatic heterocycles. The molecule has 0 amide bonds. The first-order valence-corrected chi connectivity index (χ1v) is 6.22. The lowest BCUT2D eigenvalue weighted by Crippen LogP contribution is -2.07. The Hall–Kier alpha value is -1.54. The molecule has 0 aliphatic heterocycles. The van der Waals surface area contributed by atoms with Gasteiger partial charge in [-0.25, -0.2) is 4.39 Å². The van der Waals surface area contributed by atoms with Crippen molar-refractivity contribution in [1.29, 1.82) is 0 Å². The first-order chi connectivity index (χ1) is 8.56. The Bertz CT molecular complexity index is 554. The monoisotopic (exact) mass is 263 g/mol. The maximum absolute atomic E-state index is 13.7. The molecule has 94 valence electrons. The summed E-state index contributed by atoms with van der Waals surface area (Å²) in [5, 5.41) is 3.83. The van der Waals surface area contributed by atoms with Gasteiger partial charge in [-0.2, -0.15) is 0 Å². The Morgan fingerprint density at radius 3 is 2.61 bits per heavy atom. The Morgan fingerprint density at radius 2 is 1.94 bits per heavy atom. The van der Waals surface area contributed by atoms with Crippen molar-refractivity contribution in [3.8, 4) is 0 Å². The molecular weight excluding hydrogens is 249 g/mol. The highest BCUT2D eigenvalue weighted by Gasteiger charge is 2.08. The molecule has 0 radical (unpaired) electrons. The molecule has 0 fully saturated rings. The van der Waals surface area contributed by atoms with Crippen LogP contribution < -0.4 is 5.32 Å². The Morgan fingerprint density at radius 1 is 1.17 bits per heavy atom. The maximum atomic E-state index is 13.7. The number of halogens is 2. The molecule has 2 aromatic carbocycles. The van der Waals surface area contributed by atoms with Gasteiger partial charge in [0.05, 0.1) is 5.69 Å². The lowest BCUT2D eigenvalue weighted by atomic mass is 10.1. The van der Waals surface area contributed by atoms with Crippen molar-refractivity contribution >= 4 is 17.3 Å². The van der Waals surface area contributed by atoms with Gasteiger partial charge >= 0.3 is 0 Å². The van der Waals surface area contributed by atoms with E-state index in [1.54, 1.807) is 6.07 Å². The SMILES string of the molecule is Cc1ccc(NC(C)c2cccc(Cl)c2)c(F)c1. The van der Waals surface area contributed by atoms with E-state index in [0.29, 0.717) is 10.7 Å². The van der Waals surface area contributed by atoms with Crippen molar-refractivity contribution in [2.24, 2.45) is 0 Å². The van der Waals surface area contributed by atoms with Gasteiger partial charge in [-0.1, -0.05) is 29.8 Å². The summed E-state index contributed by atoms with van der Waals surface area (Å²) in [5.74, 6) is -0.233. The van der Waals surface area contributed by atoms with Gasteiger partial charge in [-0.15, -0.1) is 0 Å². The van der Waals surface area contributed by atoms with Crippen molar-refractivity contribution in [1.82, 2.24) is 0 Å². The fourth-order valence-corrected chi connectivity index (χ4v) is 2.03. The molecule has 1 unspecified atom stereocenters. The van der Waals surface area contributed by atoms with Gasteiger partial charge in [-0.3, -0.25) is 0 Å². The number of aryl methyl sites for hydroxylation is 1. The third kappa shape index (κ3) is 3.02. The van der Waals surface area contributed by atoms with Crippen LogP contribution in [0.15, 0.2) is 42.5 Å². The topological polar surface area (TPSA) is 12.0 Å². The summed E-state index contributed by atoms with van der Waals surface area (Å²) >= 11 is 5.94. The van der Waals surface area contributed by atoms with E-state index in [4.69, 9.17) is 11.6 Å². The minimum absolute atomic E-state index is 0.000839. The zero-order chi connectivity index (χ0) is 13.1. The second-order valence-corrected chi connectivity index (χ2v) is 4.84. The van der Waals surface area contributed by atoms with Crippen molar-refractivity contribution in [2.45, 2.75) is 19.9 Å². The quantitative estimate of drug-likeness (QED) is 0.825. The van der Waals surface area contributed by atoms with Crippen LogP contribution in [0.4, 0.5) is 10.1 Å². The molecule has 18 heavy (non-hydrogen) atoms. The third-order valence-corrected chi connectivity index (χ3v) is 3.08. The van der Waals surface area contributed by atoms with E-state index in [-0.39, 0.29) is 11.9 Å². The molecule has 1 atom stereocenters. The normalized spacial score (nSPS) is 12.2. The smallest absolute Gasteiger partial charge is 0.146 e. The van der Waals surface area contributed by atoms with E-state index >= 15 is 0 Å². The molecule has 0 saturated carbocycles. The van der Waals surface area contributed by atoms with E-state index < -0.39 is 0 Å². The van der Waals surface area contributed by atoms with Crippen LogP contribution in [0.3, 0.4) is 0 Å². The molecule has 0 spiro atoms. The second-order valence-electron chi connectivity index (χ2n) is 4.40. The summed E-state index contributed by atoms with van der Waals surface area (Å²) in [6.45, 7) is 3.85. The van der Waals surface area contributed by atoms with E-state index in [9.17, 15) is 4.39 Å². The maximum Gasteiger partial charge on any atom is 0.146 e. The van der Waals surface area contributed by atoms with Crippen LogP contribution in [0.25, 0.3) is 0 Å². The Labute approximate surface area is 112 Å². The van der Waals surface area contributed by atoms with Crippen LogP contribution in [0, 0.1) is 12.7 Å². The van der Waals surface area contributed by atoms with Gasteiger partial charge in [-0.05, 0) is 49.2 Å². The predicted octanol–water partition coefficient (Wildman–Crippen LogP) is 4.96. The minimum atomic E-state index is -0.233. The molecule has 3 heteroatoms. The molecular formula is C15H15ClFN. The number of anilines is 1. The van der Waals surface area contributed by atoms with Gasteiger partial charge < -0.3 is 5.32 Å². The highest BCUT2D eigenvalue weighted by molar-refractivity contribution is 6.30. The van der Waals surface area contributed by atoms with Gasteiger partial charge in [0.2, 0.25) is 0 Å². The first kappa shape index (κ1) is 12.9. The summed E-state index contributed by atoms with van der Waals surface area (Å²) in [6, 6.07) is 12.7. The first-order valence-electron chi connectivity index (χ1n) is 5.84. The summed E-state index contributed by atoms with van der Waals surface area (Å²) in [5.41, 5.74) is 2.45. The Kier molecular flexibility index (Phi) is 3.87. The highest BCUT2D eigenvalue weighted by atomic mass is 35.5. The average molecular weight is 264 g/mol. The second kappa shape index (κ2) is 5.40. The van der Waals surface area contributed by atoms with Gasteiger partial charge in [0.1, 0.15) is 5.82 Å². The largest absolute Gasteiger partial charge is 0.376 e. The van der Waals surface area contributed by atoms with Crippen LogP contribution >= 0.6 is 11.6 Å². The molecule has 2 aromatic rings. The zero-order valence-corrected chi connectivity index (χ0v) is 11.1. The van der Waals surface area contributed by atoms with Crippen LogP contribution in [0.1, 0.15) is 24.1 Å². The van der Waals surface area contributed by atoms with Crippen molar-refractivity contribution in [3.63, 3.8) is 0 Å². The summed E-state index contributed by atoms with van der Waals surface area (Å²) in [4.78, 5) is 0. The van der Waals surface area contributed by atoms with Crippen LogP contribution in [0.5, 0.6) is 0 Å². The number of hydrogen-bond donors (Lipinski definition) is 1. The number of benzene rings is 2. The zero-order valence-electron chi connectivity index (χ0n) is 10.4. The number of rotatable bonds is 3.